The lowest BCUT2D eigenvalue weighted by Crippen LogP contribution is -2.21. The van der Waals surface area contributed by atoms with Gasteiger partial charge in [-0.1, -0.05) is 15.9 Å². The molecule has 0 saturated heterocycles. The van der Waals surface area contributed by atoms with Crippen molar-refractivity contribution in [2.75, 3.05) is 13.7 Å². The number of benzene rings is 1. The summed E-state index contributed by atoms with van der Waals surface area (Å²) < 4.78 is 9.94. The number of esters is 1. The molecule has 0 radical (unpaired) electrons. The molecule has 0 unspecified atom stereocenters. The molecular weight excluding hydrogens is 272 g/mol. The fourth-order valence-electron chi connectivity index (χ4n) is 1.05. The van der Waals surface area contributed by atoms with Gasteiger partial charge >= 0.3 is 5.97 Å². The van der Waals surface area contributed by atoms with Crippen molar-refractivity contribution in [1.82, 2.24) is 0 Å². The lowest BCUT2D eigenvalue weighted by molar-refractivity contribution is 0.0480. The number of methoxy groups -OCH3 is 1. The Morgan fingerprint density at radius 2 is 1.88 bits per heavy atom. The predicted molar refractivity (Wildman–Crippen MR) is 66.3 cm³/mol. The first-order valence-corrected chi connectivity index (χ1v) is 5.72. The Morgan fingerprint density at radius 3 is 2.31 bits per heavy atom. The molecule has 0 fully saturated rings. The third-order valence-corrected chi connectivity index (χ3v) is 2.10. The average Bonchev–Trinajstić information content (AvgIpc) is 2.25. The van der Waals surface area contributed by atoms with Crippen LogP contribution in [0.15, 0.2) is 24.3 Å². The van der Waals surface area contributed by atoms with E-state index < -0.39 is 0 Å². The maximum Gasteiger partial charge on any atom is 0.338 e. The van der Waals surface area contributed by atoms with Gasteiger partial charge in [-0.25, -0.2) is 4.79 Å². The van der Waals surface area contributed by atoms with Crippen molar-refractivity contribution in [1.29, 1.82) is 0 Å². The number of carbonyl (C=O) groups is 1. The Bertz CT molecular complexity index is 352. The summed E-state index contributed by atoms with van der Waals surface area (Å²) >= 11 is 3.41. The Hall–Kier alpha value is -1.03. The minimum atomic E-state index is -0.324. The van der Waals surface area contributed by atoms with Gasteiger partial charge in [-0.05, 0) is 38.1 Å². The average molecular weight is 287 g/mol. The zero-order valence-electron chi connectivity index (χ0n) is 9.62. The van der Waals surface area contributed by atoms with Crippen LogP contribution in [0.2, 0.25) is 0 Å². The van der Waals surface area contributed by atoms with Crippen molar-refractivity contribution in [2.45, 2.75) is 18.2 Å². The first kappa shape index (κ1) is 13.0. The first-order valence-electron chi connectivity index (χ1n) is 4.92. The third-order valence-electron chi connectivity index (χ3n) is 1.87. The summed E-state index contributed by atoms with van der Waals surface area (Å²) in [6.45, 7) is 4.21. The Kier molecular flexibility index (Phi) is 4.35. The second-order valence-electron chi connectivity index (χ2n) is 4.02. The number of rotatable bonds is 4. The van der Waals surface area contributed by atoms with Crippen molar-refractivity contribution < 1.29 is 14.3 Å². The number of carbonyl (C=O) groups excluding carboxylic acids is 1. The van der Waals surface area contributed by atoms with Crippen LogP contribution in [0.1, 0.15) is 24.2 Å². The van der Waals surface area contributed by atoms with Crippen LogP contribution in [0.3, 0.4) is 0 Å². The molecule has 0 spiro atoms. The van der Waals surface area contributed by atoms with E-state index in [1.165, 1.54) is 0 Å². The van der Waals surface area contributed by atoms with Gasteiger partial charge in [-0.2, -0.15) is 0 Å². The molecule has 4 heteroatoms. The molecule has 0 atom stereocenters. The van der Waals surface area contributed by atoms with E-state index in [9.17, 15) is 4.79 Å². The lowest BCUT2D eigenvalue weighted by atomic mass is 10.2. The van der Waals surface area contributed by atoms with Gasteiger partial charge in [0.05, 0.1) is 17.0 Å². The van der Waals surface area contributed by atoms with E-state index >= 15 is 0 Å². The minimum absolute atomic E-state index is 0.199. The standard InChI is InChI=1S/C12H15BrO3/c1-12(2,13)8-16-11(14)9-4-6-10(15-3)7-5-9/h4-7H,8H2,1-3H3. The first-order chi connectivity index (χ1) is 7.42. The molecule has 0 aromatic heterocycles. The summed E-state index contributed by atoms with van der Waals surface area (Å²) in [6.07, 6.45) is 0. The molecule has 0 bridgehead atoms. The SMILES string of the molecule is COc1ccc(C(=O)OCC(C)(C)Br)cc1. The largest absolute Gasteiger partial charge is 0.497 e. The van der Waals surface area contributed by atoms with Crippen molar-refractivity contribution in [2.24, 2.45) is 0 Å². The minimum Gasteiger partial charge on any atom is -0.497 e. The molecule has 0 heterocycles. The molecule has 88 valence electrons. The van der Waals surface area contributed by atoms with E-state index in [0.29, 0.717) is 12.2 Å². The van der Waals surface area contributed by atoms with Crippen LogP contribution >= 0.6 is 15.9 Å². The number of ether oxygens (including phenoxy) is 2. The van der Waals surface area contributed by atoms with Crippen LogP contribution in [0.25, 0.3) is 0 Å². The zero-order chi connectivity index (χ0) is 12.2. The van der Waals surface area contributed by atoms with E-state index in [2.05, 4.69) is 15.9 Å². The van der Waals surface area contributed by atoms with Gasteiger partial charge in [-0.15, -0.1) is 0 Å². The quantitative estimate of drug-likeness (QED) is 0.630. The van der Waals surface area contributed by atoms with Crippen molar-refractivity contribution in [3.63, 3.8) is 0 Å². The molecule has 0 amide bonds. The van der Waals surface area contributed by atoms with Gasteiger partial charge < -0.3 is 9.47 Å². The Balaban J connectivity index is 2.59. The fourth-order valence-corrected chi connectivity index (χ4v) is 1.16. The van der Waals surface area contributed by atoms with Gasteiger partial charge in [0.25, 0.3) is 0 Å². The van der Waals surface area contributed by atoms with E-state index in [4.69, 9.17) is 9.47 Å². The lowest BCUT2D eigenvalue weighted by Gasteiger charge is -2.15. The van der Waals surface area contributed by atoms with Crippen LogP contribution in [0, 0.1) is 0 Å². The van der Waals surface area contributed by atoms with Crippen LogP contribution in [-0.2, 0) is 4.74 Å². The smallest absolute Gasteiger partial charge is 0.338 e. The topological polar surface area (TPSA) is 35.5 Å². The Morgan fingerprint density at radius 1 is 1.31 bits per heavy atom. The van der Waals surface area contributed by atoms with Crippen LogP contribution in [-0.4, -0.2) is 24.0 Å². The third kappa shape index (κ3) is 4.23. The van der Waals surface area contributed by atoms with Gasteiger partial charge in [-0.3, -0.25) is 0 Å². The maximum atomic E-state index is 11.6. The zero-order valence-corrected chi connectivity index (χ0v) is 11.2. The monoisotopic (exact) mass is 286 g/mol. The maximum absolute atomic E-state index is 11.6. The number of hydrogen-bond donors (Lipinski definition) is 0. The molecule has 1 aromatic carbocycles. The van der Waals surface area contributed by atoms with Crippen molar-refractivity contribution >= 4 is 21.9 Å². The second-order valence-corrected chi connectivity index (χ2v) is 6.17. The van der Waals surface area contributed by atoms with Gasteiger partial charge in [0.15, 0.2) is 0 Å². The van der Waals surface area contributed by atoms with Gasteiger partial charge in [0.2, 0.25) is 0 Å². The van der Waals surface area contributed by atoms with E-state index in [1.54, 1.807) is 31.4 Å². The van der Waals surface area contributed by atoms with Crippen LogP contribution in [0.4, 0.5) is 0 Å². The van der Waals surface area contributed by atoms with E-state index in [1.807, 2.05) is 13.8 Å². The molecule has 3 nitrogen and oxygen atoms in total. The number of halogens is 1. The van der Waals surface area contributed by atoms with Crippen LogP contribution < -0.4 is 4.74 Å². The molecule has 0 aliphatic rings. The van der Waals surface area contributed by atoms with Crippen molar-refractivity contribution in [3.05, 3.63) is 29.8 Å². The summed E-state index contributed by atoms with van der Waals surface area (Å²) in [5, 5.41) is 0. The highest BCUT2D eigenvalue weighted by atomic mass is 79.9. The summed E-state index contributed by atoms with van der Waals surface area (Å²) in [7, 11) is 1.58. The molecule has 16 heavy (non-hydrogen) atoms. The van der Waals surface area contributed by atoms with E-state index in [-0.39, 0.29) is 10.3 Å². The normalized spacial score (nSPS) is 11.0. The molecule has 0 aliphatic carbocycles. The summed E-state index contributed by atoms with van der Waals surface area (Å²) in [5.41, 5.74) is 0.526. The second kappa shape index (κ2) is 5.34. The van der Waals surface area contributed by atoms with Crippen molar-refractivity contribution in [3.8, 4) is 5.75 Å². The summed E-state index contributed by atoms with van der Waals surface area (Å²) in [5.74, 6) is 0.396. The molecule has 0 aliphatic heterocycles. The summed E-state index contributed by atoms with van der Waals surface area (Å²) in [4.78, 5) is 11.6. The molecule has 1 aromatic rings. The number of hydrogen-bond acceptors (Lipinski definition) is 3. The number of alkyl halides is 1. The van der Waals surface area contributed by atoms with E-state index in [0.717, 1.165) is 5.75 Å². The van der Waals surface area contributed by atoms with Crippen LogP contribution in [0.5, 0.6) is 5.75 Å². The Labute approximate surface area is 104 Å². The fraction of sp³-hybridized carbons (Fsp3) is 0.417. The highest BCUT2D eigenvalue weighted by Gasteiger charge is 2.16. The highest BCUT2D eigenvalue weighted by molar-refractivity contribution is 9.10. The summed E-state index contributed by atoms with van der Waals surface area (Å²) in [6, 6.07) is 6.83. The molecule has 1 rings (SSSR count). The molecule has 0 saturated carbocycles. The molecular formula is C12H15BrO3. The highest BCUT2D eigenvalue weighted by Crippen LogP contribution is 2.17. The molecule has 0 N–H and O–H groups in total. The predicted octanol–water partition coefficient (Wildman–Crippen LogP) is 3.03. The van der Waals surface area contributed by atoms with Gasteiger partial charge in [0.1, 0.15) is 12.4 Å². The van der Waals surface area contributed by atoms with Gasteiger partial charge in [0, 0.05) is 0 Å².